The van der Waals surface area contributed by atoms with Crippen LogP contribution in [0, 0.1) is 12.7 Å². The summed E-state index contributed by atoms with van der Waals surface area (Å²) < 4.78 is 19.1. The SMILES string of the molecule is Cc1ccc(F)cc1N1CC(c2noc(-c3ccc4cc[nH]c4c3)n2)CC1=O. The van der Waals surface area contributed by atoms with Crippen molar-refractivity contribution in [3.8, 4) is 11.5 Å². The lowest BCUT2D eigenvalue weighted by molar-refractivity contribution is -0.117. The summed E-state index contributed by atoms with van der Waals surface area (Å²) in [4.78, 5) is 21.8. The average molecular weight is 376 g/mol. The number of aryl methyl sites for hydroxylation is 1. The van der Waals surface area contributed by atoms with Crippen LogP contribution in [0.3, 0.4) is 0 Å². The Bertz CT molecular complexity index is 1200. The molecule has 3 heterocycles. The van der Waals surface area contributed by atoms with Crippen LogP contribution in [0.5, 0.6) is 0 Å². The van der Waals surface area contributed by atoms with E-state index in [9.17, 15) is 9.18 Å². The Labute approximate surface area is 160 Å². The quantitative estimate of drug-likeness (QED) is 0.582. The van der Waals surface area contributed by atoms with Gasteiger partial charge < -0.3 is 14.4 Å². The first-order valence-corrected chi connectivity index (χ1v) is 9.06. The largest absolute Gasteiger partial charge is 0.361 e. The van der Waals surface area contributed by atoms with Crippen molar-refractivity contribution in [2.24, 2.45) is 0 Å². The van der Waals surface area contributed by atoms with Gasteiger partial charge in [0.25, 0.3) is 5.89 Å². The highest BCUT2D eigenvalue weighted by Gasteiger charge is 2.35. The topological polar surface area (TPSA) is 75.0 Å². The molecule has 140 valence electrons. The number of amides is 1. The standard InChI is InChI=1S/C21H17FN4O2/c1-12-2-5-16(22)10-18(12)26-11-15(9-19(26)27)20-24-21(28-25-20)14-4-3-13-6-7-23-17(13)8-14/h2-8,10,15,23H,9,11H2,1H3. The maximum atomic E-state index is 13.6. The molecule has 0 bridgehead atoms. The van der Waals surface area contributed by atoms with Crippen LogP contribution in [-0.2, 0) is 4.79 Å². The van der Waals surface area contributed by atoms with E-state index in [0.717, 1.165) is 22.0 Å². The number of H-pyrrole nitrogens is 1. The molecule has 0 aliphatic carbocycles. The van der Waals surface area contributed by atoms with E-state index in [4.69, 9.17) is 4.52 Å². The molecule has 6 nitrogen and oxygen atoms in total. The minimum Gasteiger partial charge on any atom is -0.361 e. The summed E-state index contributed by atoms with van der Waals surface area (Å²) in [5.41, 5.74) is 3.24. The van der Waals surface area contributed by atoms with Crippen LogP contribution in [0.4, 0.5) is 10.1 Å². The molecule has 1 N–H and O–H groups in total. The van der Waals surface area contributed by atoms with Gasteiger partial charge in [0.05, 0.1) is 0 Å². The molecule has 0 saturated carbocycles. The van der Waals surface area contributed by atoms with Crippen LogP contribution in [0.15, 0.2) is 53.2 Å². The van der Waals surface area contributed by atoms with Gasteiger partial charge in [-0.2, -0.15) is 4.98 Å². The fraction of sp³-hybridized carbons (Fsp3) is 0.190. The third-order valence-corrected chi connectivity index (χ3v) is 5.20. The Hall–Kier alpha value is -3.48. The molecule has 0 radical (unpaired) electrons. The lowest BCUT2D eigenvalue weighted by Gasteiger charge is -2.18. The summed E-state index contributed by atoms with van der Waals surface area (Å²) in [6.45, 7) is 2.26. The predicted molar refractivity (Wildman–Crippen MR) is 102 cm³/mol. The van der Waals surface area contributed by atoms with Gasteiger partial charge in [0.15, 0.2) is 5.82 Å². The number of carbonyl (C=O) groups excluding carboxylic acids is 1. The molecule has 1 amide bonds. The molecular weight excluding hydrogens is 359 g/mol. The summed E-state index contributed by atoms with van der Waals surface area (Å²) >= 11 is 0. The van der Waals surface area contributed by atoms with Gasteiger partial charge >= 0.3 is 0 Å². The summed E-state index contributed by atoms with van der Waals surface area (Å²) in [5.74, 6) is 0.281. The van der Waals surface area contributed by atoms with Gasteiger partial charge in [0.2, 0.25) is 5.91 Å². The van der Waals surface area contributed by atoms with Gasteiger partial charge in [-0.05, 0) is 48.2 Å². The minimum atomic E-state index is -0.363. The van der Waals surface area contributed by atoms with E-state index in [1.165, 1.54) is 12.1 Å². The van der Waals surface area contributed by atoms with Crippen molar-refractivity contribution in [1.82, 2.24) is 15.1 Å². The maximum absolute atomic E-state index is 13.6. The van der Waals surface area contributed by atoms with Crippen molar-refractivity contribution in [3.63, 3.8) is 0 Å². The molecule has 5 rings (SSSR count). The number of halogens is 1. The van der Waals surface area contributed by atoms with Crippen LogP contribution in [0.25, 0.3) is 22.4 Å². The van der Waals surface area contributed by atoms with Crippen LogP contribution >= 0.6 is 0 Å². The third kappa shape index (κ3) is 2.76. The average Bonchev–Trinajstić information content (AvgIpc) is 3.42. The molecule has 1 fully saturated rings. The number of nitrogens with zero attached hydrogens (tertiary/aromatic N) is 3. The zero-order valence-corrected chi connectivity index (χ0v) is 15.1. The monoisotopic (exact) mass is 376 g/mol. The second-order valence-corrected chi connectivity index (χ2v) is 7.07. The number of carbonyl (C=O) groups is 1. The number of hydrogen-bond acceptors (Lipinski definition) is 4. The first-order valence-electron chi connectivity index (χ1n) is 9.06. The molecule has 1 unspecified atom stereocenters. The van der Waals surface area contributed by atoms with Gasteiger partial charge in [0, 0.05) is 41.8 Å². The highest BCUT2D eigenvalue weighted by molar-refractivity contribution is 5.97. The Morgan fingerprint density at radius 3 is 3.00 bits per heavy atom. The first-order chi connectivity index (χ1) is 13.6. The Morgan fingerprint density at radius 2 is 2.11 bits per heavy atom. The van der Waals surface area contributed by atoms with E-state index in [1.807, 2.05) is 37.4 Å². The molecular formula is C21H17FN4O2. The fourth-order valence-electron chi connectivity index (χ4n) is 3.69. The van der Waals surface area contributed by atoms with E-state index in [1.54, 1.807) is 11.0 Å². The van der Waals surface area contributed by atoms with Crippen molar-refractivity contribution < 1.29 is 13.7 Å². The molecule has 1 aliphatic heterocycles. The predicted octanol–water partition coefficient (Wildman–Crippen LogP) is 4.19. The van der Waals surface area contributed by atoms with Crippen molar-refractivity contribution >= 4 is 22.5 Å². The summed E-state index contributed by atoms with van der Waals surface area (Å²) in [6, 6.07) is 12.3. The van der Waals surface area contributed by atoms with Crippen LogP contribution in [0.1, 0.15) is 23.7 Å². The van der Waals surface area contributed by atoms with E-state index in [-0.39, 0.29) is 24.1 Å². The van der Waals surface area contributed by atoms with Crippen molar-refractivity contribution in [1.29, 1.82) is 0 Å². The molecule has 0 spiro atoms. The van der Waals surface area contributed by atoms with Gasteiger partial charge in [-0.15, -0.1) is 0 Å². The number of fused-ring (bicyclic) bond motifs is 1. The summed E-state index contributed by atoms with van der Waals surface area (Å²) in [7, 11) is 0. The van der Waals surface area contributed by atoms with Crippen LogP contribution < -0.4 is 4.90 Å². The zero-order chi connectivity index (χ0) is 19.3. The number of anilines is 1. The number of aromatic nitrogens is 3. The first kappa shape index (κ1) is 16.7. The Morgan fingerprint density at radius 1 is 1.21 bits per heavy atom. The lowest BCUT2D eigenvalue weighted by atomic mass is 10.1. The minimum absolute atomic E-state index is 0.0714. The summed E-state index contributed by atoms with van der Waals surface area (Å²) in [6.07, 6.45) is 2.14. The van der Waals surface area contributed by atoms with Crippen molar-refractivity contribution in [3.05, 3.63) is 65.9 Å². The fourth-order valence-corrected chi connectivity index (χ4v) is 3.69. The molecule has 1 atom stereocenters. The molecule has 2 aromatic heterocycles. The van der Waals surface area contributed by atoms with Crippen molar-refractivity contribution in [2.75, 3.05) is 11.4 Å². The third-order valence-electron chi connectivity index (χ3n) is 5.20. The number of rotatable bonds is 3. The van der Waals surface area contributed by atoms with E-state index in [2.05, 4.69) is 15.1 Å². The second-order valence-electron chi connectivity index (χ2n) is 7.07. The van der Waals surface area contributed by atoms with Gasteiger partial charge in [0.1, 0.15) is 5.82 Å². The van der Waals surface area contributed by atoms with E-state index in [0.29, 0.717) is 23.9 Å². The number of benzene rings is 2. The Balaban J connectivity index is 1.41. The number of aromatic amines is 1. The lowest BCUT2D eigenvalue weighted by Crippen LogP contribution is -2.25. The Kier molecular flexibility index (Phi) is 3.75. The molecule has 28 heavy (non-hydrogen) atoms. The van der Waals surface area contributed by atoms with Gasteiger partial charge in [-0.1, -0.05) is 17.3 Å². The number of nitrogens with one attached hydrogen (secondary N) is 1. The molecule has 1 saturated heterocycles. The highest BCUT2D eigenvalue weighted by atomic mass is 19.1. The summed E-state index contributed by atoms with van der Waals surface area (Å²) in [5, 5.41) is 5.20. The maximum Gasteiger partial charge on any atom is 0.258 e. The second kappa shape index (κ2) is 6.30. The molecule has 4 aromatic rings. The van der Waals surface area contributed by atoms with Gasteiger partial charge in [-0.25, -0.2) is 4.39 Å². The van der Waals surface area contributed by atoms with E-state index < -0.39 is 0 Å². The normalized spacial score (nSPS) is 17.0. The molecule has 2 aromatic carbocycles. The molecule has 7 heteroatoms. The smallest absolute Gasteiger partial charge is 0.258 e. The highest BCUT2D eigenvalue weighted by Crippen LogP contribution is 2.33. The number of hydrogen-bond donors (Lipinski definition) is 1. The molecule has 1 aliphatic rings. The van der Waals surface area contributed by atoms with Crippen LogP contribution in [0.2, 0.25) is 0 Å². The van der Waals surface area contributed by atoms with Crippen LogP contribution in [-0.4, -0.2) is 27.6 Å². The van der Waals surface area contributed by atoms with Gasteiger partial charge in [-0.3, -0.25) is 4.79 Å². The van der Waals surface area contributed by atoms with E-state index >= 15 is 0 Å². The zero-order valence-electron chi connectivity index (χ0n) is 15.1. The van der Waals surface area contributed by atoms with Crippen molar-refractivity contribution in [2.45, 2.75) is 19.3 Å².